The first kappa shape index (κ1) is 24.8. The van der Waals surface area contributed by atoms with Crippen molar-refractivity contribution >= 4 is 60.4 Å². The third-order valence-electron chi connectivity index (χ3n) is 5.52. The maximum atomic E-state index is 13.1. The Morgan fingerprint density at radius 2 is 2.00 bits per heavy atom. The lowest BCUT2D eigenvalue weighted by atomic mass is 9.99. The molecular weight excluding hydrogens is 518 g/mol. The number of piperidine rings is 1. The van der Waals surface area contributed by atoms with Crippen molar-refractivity contribution in [3.05, 3.63) is 33.4 Å². The molecule has 1 aromatic carbocycles. The number of amides is 1. The van der Waals surface area contributed by atoms with Gasteiger partial charge in [-0.1, -0.05) is 28.9 Å². The van der Waals surface area contributed by atoms with E-state index in [4.69, 9.17) is 27.5 Å². The van der Waals surface area contributed by atoms with Crippen molar-refractivity contribution in [3.8, 4) is 23.8 Å². The molecule has 2 aromatic heterocycles. The number of hydrogen-bond donors (Lipinski definition) is 0. The van der Waals surface area contributed by atoms with Crippen LogP contribution in [0.25, 0.3) is 10.2 Å². The number of benzene rings is 1. The van der Waals surface area contributed by atoms with Crippen LogP contribution < -0.4 is 14.3 Å². The van der Waals surface area contributed by atoms with E-state index >= 15 is 0 Å². The van der Waals surface area contributed by atoms with Gasteiger partial charge < -0.3 is 14.0 Å². The molecule has 1 unspecified atom stereocenters. The van der Waals surface area contributed by atoms with Crippen LogP contribution in [0.1, 0.15) is 12.8 Å². The van der Waals surface area contributed by atoms with Crippen LogP contribution in [-0.4, -0.2) is 50.5 Å². The highest BCUT2D eigenvalue weighted by molar-refractivity contribution is 7.91. The molecule has 0 N–H and O–H groups in total. The zero-order valence-corrected chi connectivity index (χ0v) is 21.7. The Labute approximate surface area is 210 Å². The van der Waals surface area contributed by atoms with Crippen molar-refractivity contribution in [2.45, 2.75) is 23.6 Å². The Kier molecular flexibility index (Phi) is 7.35. The highest BCUT2D eigenvalue weighted by Gasteiger charge is 2.34. The number of nitrogens with zero attached hydrogens (tertiary/aromatic N) is 3. The highest BCUT2D eigenvalue weighted by Crippen LogP contribution is 2.34. The minimum atomic E-state index is -3.72. The molecule has 0 saturated carbocycles. The molecule has 0 spiro atoms. The van der Waals surface area contributed by atoms with E-state index in [1.54, 1.807) is 30.9 Å². The number of hydrogen-bond acceptors (Lipinski definition) is 7. The maximum absolute atomic E-state index is 13.1. The molecule has 1 atom stereocenters. The summed E-state index contributed by atoms with van der Waals surface area (Å²) in [6, 6.07) is 6.65. The molecule has 0 aliphatic carbocycles. The third-order valence-corrected chi connectivity index (χ3v) is 10.1. The van der Waals surface area contributed by atoms with Crippen LogP contribution in [0.3, 0.4) is 0 Å². The van der Waals surface area contributed by atoms with Gasteiger partial charge in [0.15, 0.2) is 16.3 Å². The first-order valence-electron chi connectivity index (χ1n) is 10.3. The lowest BCUT2D eigenvalue weighted by molar-refractivity contribution is -0.122. The van der Waals surface area contributed by atoms with Crippen LogP contribution >= 0.6 is 34.3 Å². The van der Waals surface area contributed by atoms with Gasteiger partial charge in [0, 0.05) is 25.2 Å². The number of thiazole rings is 1. The van der Waals surface area contributed by atoms with Gasteiger partial charge in [0.2, 0.25) is 0 Å². The van der Waals surface area contributed by atoms with E-state index in [1.165, 1.54) is 21.7 Å². The topological polar surface area (TPSA) is 90.2 Å². The standard InChI is InChI=1S/C22H22ClN3O5S3/c1-4-9-26-15-11-16(30-2)17(31-3)12-18(15)32-22(26)24-21(27)14-6-5-10-25(13-14)34(28,29)20-8-7-19(23)33-20/h1,7-8,11-12,14H,5-6,9-10,13H2,2-3H3. The van der Waals surface area contributed by atoms with E-state index in [1.807, 2.05) is 6.07 Å². The van der Waals surface area contributed by atoms with Crippen LogP contribution in [0, 0.1) is 18.3 Å². The molecule has 8 nitrogen and oxygen atoms in total. The summed E-state index contributed by atoms with van der Waals surface area (Å²) in [5, 5.41) is 0. The molecule has 0 bridgehead atoms. The fraction of sp³-hybridized carbons (Fsp3) is 0.364. The average Bonchev–Trinajstić information content (AvgIpc) is 3.42. The van der Waals surface area contributed by atoms with E-state index in [0.717, 1.165) is 21.6 Å². The zero-order valence-electron chi connectivity index (χ0n) is 18.5. The van der Waals surface area contributed by atoms with Gasteiger partial charge in [0.25, 0.3) is 15.9 Å². The van der Waals surface area contributed by atoms with Gasteiger partial charge in [-0.25, -0.2) is 8.42 Å². The number of thiophene rings is 1. The van der Waals surface area contributed by atoms with E-state index in [0.29, 0.717) is 40.0 Å². The minimum Gasteiger partial charge on any atom is -0.493 e. The number of carbonyl (C=O) groups is 1. The Bertz CT molecular complexity index is 1450. The van der Waals surface area contributed by atoms with Gasteiger partial charge in [-0.05, 0) is 25.0 Å². The number of rotatable bonds is 6. The molecule has 12 heteroatoms. The molecule has 180 valence electrons. The molecule has 34 heavy (non-hydrogen) atoms. The summed E-state index contributed by atoms with van der Waals surface area (Å²) in [7, 11) is -0.621. The first-order chi connectivity index (χ1) is 16.3. The summed E-state index contributed by atoms with van der Waals surface area (Å²) in [6.45, 7) is 0.634. The number of halogens is 1. The Morgan fingerprint density at radius 3 is 2.65 bits per heavy atom. The van der Waals surface area contributed by atoms with E-state index < -0.39 is 15.9 Å². The SMILES string of the molecule is C#CCn1c(=NC(=O)C2CCCN(S(=O)(=O)c3ccc(Cl)s3)C2)sc2cc(OC)c(OC)cc21. The summed E-state index contributed by atoms with van der Waals surface area (Å²) in [5.74, 6) is 2.77. The van der Waals surface area contributed by atoms with Gasteiger partial charge in [-0.2, -0.15) is 9.30 Å². The average molecular weight is 540 g/mol. The Balaban J connectivity index is 1.67. The molecule has 3 heterocycles. The summed E-state index contributed by atoms with van der Waals surface area (Å²) in [5.41, 5.74) is 0.773. The van der Waals surface area contributed by atoms with Gasteiger partial charge in [-0.3, -0.25) is 4.79 Å². The van der Waals surface area contributed by atoms with Crippen LogP contribution in [0.2, 0.25) is 4.34 Å². The van der Waals surface area contributed by atoms with Crippen LogP contribution in [-0.2, 0) is 21.4 Å². The van der Waals surface area contributed by atoms with Crippen molar-refractivity contribution in [3.63, 3.8) is 0 Å². The van der Waals surface area contributed by atoms with Crippen LogP contribution in [0.4, 0.5) is 0 Å². The van der Waals surface area contributed by atoms with E-state index in [2.05, 4.69) is 10.9 Å². The molecule has 1 saturated heterocycles. The Hall–Kier alpha value is -2.36. The smallest absolute Gasteiger partial charge is 0.252 e. The second-order valence-electron chi connectivity index (χ2n) is 7.56. The summed E-state index contributed by atoms with van der Waals surface area (Å²) >= 11 is 8.24. The fourth-order valence-electron chi connectivity index (χ4n) is 3.84. The van der Waals surface area contributed by atoms with Crippen molar-refractivity contribution in [2.24, 2.45) is 10.9 Å². The lowest BCUT2D eigenvalue weighted by Gasteiger charge is -2.29. The zero-order chi connectivity index (χ0) is 24.5. The van der Waals surface area contributed by atoms with Crippen molar-refractivity contribution in [2.75, 3.05) is 27.3 Å². The second kappa shape index (κ2) is 10.1. The van der Waals surface area contributed by atoms with Gasteiger partial charge >= 0.3 is 0 Å². The molecule has 1 aliphatic rings. The van der Waals surface area contributed by atoms with Crippen molar-refractivity contribution < 1.29 is 22.7 Å². The minimum absolute atomic E-state index is 0.0713. The predicted molar refractivity (Wildman–Crippen MR) is 133 cm³/mol. The van der Waals surface area contributed by atoms with E-state index in [9.17, 15) is 13.2 Å². The van der Waals surface area contributed by atoms with Gasteiger partial charge in [-0.15, -0.1) is 17.8 Å². The molecule has 3 aromatic rings. The quantitative estimate of drug-likeness (QED) is 0.446. The van der Waals surface area contributed by atoms with Crippen LogP contribution in [0.5, 0.6) is 11.5 Å². The molecule has 1 aliphatic heterocycles. The highest BCUT2D eigenvalue weighted by atomic mass is 35.5. The number of aromatic nitrogens is 1. The summed E-state index contributed by atoms with van der Waals surface area (Å²) < 4.78 is 41.3. The molecule has 1 fully saturated rings. The molecule has 0 radical (unpaired) electrons. The van der Waals surface area contributed by atoms with Gasteiger partial charge in [0.1, 0.15) is 4.21 Å². The molecular formula is C22H22ClN3O5S3. The monoisotopic (exact) mass is 539 g/mol. The number of carbonyl (C=O) groups excluding carboxylic acids is 1. The van der Waals surface area contributed by atoms with E-state index in [-0.39, 0.29) is 23.2 Å². The third kappa shape index (κ3) is 4.74. The second-order valence-corrected chi connectivity index (χ2v) is 12.4. The number of ether oxygens (including phenoxy) is 2. The fourth-order valence-corrected chi connectivity index (χ4v) is 8.04. The maximum Gasteiger partial charge on any atom is 0.252 e. The number of fused-ring (bicyclic) bond motifs is 1. The number of terminal acetylenes is 1. The summed E-state index contributed by atoms with van der Waals surface area (Å²) in [4.78, 5) is 18.0. The normalized spacial score (nSPS) is 17.6. The lowest BCUT2D eigenvalue weighted by Crippen LogP contribution is -2.42. The predicted octanol–water partition coefficient (Wildman–Crippen LogP) is 3.60. The van der Waals surface area contributed by atoms with Crippen molar-refractivity contribution in [1.82, 2.24) is 8.87 Å². The van der Waals surface area contributed by atoms with Gasteiger partial charge in [0.05, 0.1) is 41.2 Å². The summed E-state index contributed by atoms with van der Waals surface area (Å²) in [6.07, 6.45) is 6.69. The molecule has 4 rings (SSSR count). The first-order valence-corrected chi connectivity index (χ1v) is 13.8. The Morgan fingerprint density at radius 1 is 1.26 bits per heavy atom. The number of methoxy groups -OCH3 is 2. The largest absolute Gasteiger partial charge is 0.493 e. The molecule has 1 amide bonds. The number of sulfonamides is 1. The van der Waals surface area contributed by atoms with Crippen molar-refractivity contribution in [1.29, 1.82) is 0 Å². The van der Waals surface area contributed by atoms with Crippen LogP contribution in [0.15, 0.2) is 33.5 Å².